The van der Waals surface area contributed by atoms with Gasteiger partial charge in [-0.05, 0) is 51.0 Å². The highest BCUT2D eigenvalue weighted by molar-refractivity contribution is 5.80. The molecule has 1 aliphatic rings. The monoisotopic (exact) mass is 366 g/mol. The Hall–Kier alpha value is -2.40. The average molecular weight is 367 g/mol. The summed E-state index contributed by atoms with van der Waals surface area (Å²) >= 11 is 0. The number of aromatic nitrogens is 1. The van der Waals surface area contributed by atoms with Crippen LogP contribution in [-0.2, 0) is 11.3 Å². The highest BCUT2D eigenvalue weighted by atomic mass is 16.5. The van der Waals surface area contributed by atoms with Gasteiger partial charge in [-0.25, -0.2) is 4.99 Å². The van der Waals surface area contributed by atoms with Crippen LogP contribution in [0.5, 0.6) is 0 Å². The molecule has 0 saturated carbocycles. The number of aryl methyl sites for hydroxylation is 3. The number of ether oxygens (including phenoxy) is 1. The van der Waals surface area contributed by atoms with Gasteiger partial charge in [0.15, 0.2) is 5.96 Å². The number of aliphatic imine (C=N–C) groups is 1. The molecule has 1 N–H and O–H groups in total. The first-order chi connectivity index (χ1) is 13.1. The number of benzene rings is 1. The predicted octanol–water partition coefficient (Wildman–Crippen LogP) is 3.55. The molecule has 0 spiro atoms. The number of nitrogens with zero attached hydrogens (tertiary/aromatic N) is 3. The van der Waals surface area contributed by atoms with E-state index >= 15 is 0 Å². The molecule has 1 aromatic heterocycles. The first kappa shape index (κ1) is 19.4. The lowest BCUT2D eigenvalue weighted by Crippen LogP contribution is -2.48. The van der Waals surface area contributed by atoms with Crippen molar-refractivity contribution in [2.75, 3.05) is 26.2 Å². The number of guanidine groups is 1. The van der Waals surface area contributed by atoms with Crippen LogP contribution < -0.4 is 5.32 Å². The van der Waals surface area contributed by atoms with Crippen LogP contribution in [0.2, 0.25) is 0 Å². The number of rotatable bonds is 4. The molecule has 0 radical (unpaired) electrons. The van der Waals surface area contributed by atoms with Crippen molar-refractivity contribution in [2.24, 2.45) is 4.99 Å². The maximum absolute atomic E-state index is 6.08. The fraction of sp³-hybridized carbons (Fsp3) is 0.455. The van der Waals surface area contributed by atoms with E-state index in [0.29, 0.717) is 13.2 Å². The van der Waals surface area contributed by atoms with E-state index in [4.69, 9.17) is 9.73 Å². The first-order valence-electron chi connectivity index (χ1n) is 9.71. The standard InChI is InChI=1S/C22H30N4O/c1-5-23-22(24-14-19-8-6-7-18(4)25-19)26-11-12-27-21(15-26)20-10-9-16(2)13-17(20)3/h6-10,13,21H,5,11-12,14-15H2,1-4H3,(H,23,24). The molecule has 1 saturated heterocycles. The molecule has 1 atom stereocenters. The van der Waals surface area contributed by atoms with Crippen LogP contribution in [0.1, 0.15) is 41.1 Å². The van der Waals surface area contributed by atoms with Crippen molar-refractivity contribution < 1.29 is 4.74 Å². The van der Waals surface area contributed by atoms with Gasteiger partial charge in [-0.2, -0.15) is 0 Å². The summed E-state index contributed by atoms with van der Waals surface area (Å²) in [4.78, 5) is 11.7. The molecule has 2 heterocycles. The number of hydrogen-bond donors (Lipinski definition) is 1. The summed E-state index contributed by atoms with van der Waals surface area (Å²) in [5, 5.41) is 3.43. The van der Waals surface area contributed by atoms with Crippen LogP contribution in [0.3, 0.4) is 0 Å². The molecule has 2 aromatic rings. The largest absolute Gasteiger partial charge is 0.370 e. The van der Waals surface area contributed by atoms with E-state index in [1.807, 2.05) is 25.1 Å². The highest BCUT2D eigenvalue weighted by Crippen LogP contribution is 2.26. The third kappa shape index (κ3) is 5.07. The SMILES string of the molecule is CCNC(=NCc1cccc(C)n1)N1CCOC(c2ccc(C)cc2C)C1. The van der Waals surface area contributed by atoms with E-state index < -0.39 is 0 Å². The van der Waals surface area contributed by atoms with E-state index in [1.54, 1.807) is 0 Å². The first-order valence-corrected chi connectivity index (χ1v) is 9.71. The normalized spacial score (nSPS) is 17.9. The molecule has 5 heteroatoms. The number of pyridine rings is 1. The Morgan fingerprint density at radius 1 is 1.26 bits per heavy atom. The van der Waals surface area contributed by atoms with Crippen molar-refractivity contribution in [1.82, 2.24) is 15.2 Å². The second-order valence-electron chi connectivity index (χ2n) is 7.11. The predicted molar refractivity (Wildman–Crippen MR) is 110 cm³/mol. The van der Waals surface area contributed by atoms with Crippen LogP contribution >= 0.6 is 0 Å². The number of nitrogens with one attached hydrogen (secondary N) is 1. The molecular formula is C22H30N4O. The summed E-state index contributed by atoms with van der Waals surface area (Å²) in [6.45, 7) is 12.2. The Balaban J connectivity index is 1.75. The molecular weight excluding hydrogens is 336 g/mol. The minimum atomic E-state index is 0.0697. The summed E-state index contributed by atoms with van der Waals surface area (Å²) in [5.74, 6) is 0.930. The van der Waals surface area contributed by atoms with Gasteiger partial charge in [0.05, 0.1) is 25.4 Å². The fourth-order valence-corrected chi connectivity index (χ4v) is 3.49. The van der Waals surface area contributed by atoms with Gasteiger partial charge in [0.25, 0.3) is 0 Å². The lowest BCUT2D eigenvalue weighted by atomic mass is 10.00. The van der Waals surface area contributed by atoms with Crippen LogP contribution in [0.15, 0.2) is 41.4 Å². The molecule has 0 bridgehead atoms. The molecule has 0 amide bonds. The fourth-order valence-electron chi connectivity index (χ4n) is 3.49. The van der Waals surface area contributed by atoms with Gasteiger partial charge in [-0.15, -0.1) is 0 Å². The minimum absolute atomic E-state index is 0.0697. The Labute approximate surface area is 162 Å². The molecule has 27 heavy (non-hydrogen) atoms. The van der Waals surface area contributed by atoms with Crippen molar-refractivity contribution in [2.45, 2.75) is 40.3 Å². The topological polar surface area (TPSA) is 49.8 Å². The van der Waals surface area contributed by atoms with Crippen molar-refractivity contribution in [1.29, 1.82) is 0 Å². The quantitative estimate of drug-likeness (QED) is 0.664. The summed E-state index contributed by atoms with van der Waals surface area (Å²) in [5.41, 5.74) is 5.84. The van der Waals surface area contributed by atoms with Gasteiger partial charge >= 0.3 is 0 Å². The van der Waals surface area contributed by atoms with E-state index in [2.05, 4.69) is 54.2 Å². The molecule has 5 nitrogen and oxygen atoms in total. The summed E-state index contributed by atoms with van der Waals surface area (Å²) in [6.07, 6.45) is 0.0697. The molecule has 3 rings (SSSR count). The molecule has 1 unspecified atom stereocenters. The number of morpholine rings is 1. The van der Waals surface area contributed by atoms with E-state index in [1.165, 1.54) is 16.7 Å². The maximum atomic E-state index is 6.08. The van der Waals surface area contributed by atoms with E-state index in [9.17, 15) is 0 Å². The van der Waals surface area contributed by atoms with Gasteiger partial charge in [0, 0.05) is 18.8 Å². The molecule has 1 fully saturated rings. The lowest BCUT2D eigenvalue weighted by molar-refractivity contribution is -0.00834. The molecule has 1 aliphatic heterocycles. The molecule has 1 aromatic carbocycles. The van der Waals surface area contributed by atoms with Gasteiger partial charge in [0.1, 0.15) is 6.10 Å². The van der Waals surface area contributed by atoms with Gasteiger partial charge in [0.2, 0.25) is 0 Å². The molecule has 0 aliphatic carbocycles. The van der Waals surface area contributed by atoms with Crippen LogP contribution in [-0.4, -0.2) is 42.1 Å². The minimum Gasteiger partial charge on any atom is -0.370 e. The smallest absolute Gasteiger partial charge is 0.194 e. The van der Waals surface area contributed by atoms with Crippen molar-refractivity contribution in [3.05, 3.63) is 64.5 Å². The third-order valence-corrected chi connectivity index (χ3v) is 4.81. The summed E-state index contributed by atoms with van der Waals surface area (Å²) in [6, 6.07) is 12.6. The van der Waals surface area contributed by atoms with Crippen molar-refractivity contribution >= 4 is 5.96 Å². The second-order valence-corrected chi connectivity index (χ2v) is 7.11. The van der Waals surface area contributed by atoms with E-state index in [0.717, 1.165) is 37.0 Å². The van der Waals surface area contributed by atoms with Crippen LogP contribution in [0.25, 0.3) is 0 Å². The van der Waals surface area contributed by atoms with Gasteiger partial charge in [-0.1, -0.05) is 29.8 Å². The third-order valence-electron chi connectivity index (χ3n) is 4.81. The number of hydrogen-bond acceptors (Lipinski definition) is 3. The zero-order chi connectivity index (χ0) is 19.2. The van der Waals surface area contributed by atoms with Gasteiger partial charge < -0.3 is 15.0 Å². The zero-order valence-electron chi connectivity index (χ0n) is 16.8. The maximum Gasteiger partial charge on any atom is 0.194 e. The van der Waals surface area contributed by atoms with Crippen LogP contribution in [0.4, 0.5) is 0 Å². The Morgan fingerprint density at radius 3 is 2.85 bits per heavy atom. The Bertz CT molecular complexity index is 803. The summed E-state index contributed by atoms with van der Waals surface area (Å²) in [7, 11) is 0. The van der Waals surface area contributed by atoms with Gasteiger partial charge in [-0.3, -0.25) is 4.98 Å². The van der Waals surface area contributed by atoms with Crippen molar-refractivity contribution in [3.8, 4) is 0 Å². The zero-order valence-corrected chi connectivity index (χ0v) is 16.8. The molecule has 144 valence electrons. The second kappa shape index (κ2) is 9.00. The lowest BCUT2D eigenvalue weighted by Gasteiger charge is -2.36. The Kier molecular flexibility index (Phi) is 6.45. The van der Waals surface area contributed by atoms with Crippen molar-refractivity contribution in [3.63, 3.8) is 0 Å². The van der Waals surface area contributed by atoms with Crippen LogP contribution in [0, 0.1) is 20.8 Å². The average Bonchev–Trinajstić information content (AvgIpc) is 2.65. The van der Waals surface area contributed by atoms with E-state index in [-0.39, 0.29) is 6.10 Å². The highest BCUT2D eigenvalue weighted by Gasteiger charge is 2.25. The summed E-state index contributed by atoms with van der Waals surface area (Å²) < 4.78 is 6.08. The Morgan fingerprint density at radius 2 is 2.11 bits per heavy atom.